The van der Waals surface area contributed by atoms with Crippen LogP contribution >= 0.6 is 23.1 Å². The maximum Gasteiger partial charge on any atom is 0.216 e. The van der Waals surface area contributed by atoms with E-state index in [2.05, 4.69) is 32.0 Å². The molecule has 0 aliphatic rings. The monoisotopic (exact) mass is 403 g/mol. The van der Waals surface area contributed by atoms with Crippen LogP contribution in [0.15, 0.2) is 62.5 Å². The third-order valence-corrected chi connectivity index (χ3v) is 8.34. The summed E-state index contributed by atoms with van der Waals surface area (Å²) in [7, 11) is -3.57. The topological polar surface area (TPSA) is 60.2 Å². The van der Waals surface area contributed by atoms with E-state index in [0.29, 0.717) is 15.6 Å². The number of nitrogens with two attached hydrogens (primary N) is 1. The average molecular weight is 404 g/mol. The first kappa shape index (κ1) is 19.2. The van der Waals surface area contributed by atoms with E-state index in [0.717, 1.165) is 32.0 Å². The third-order valence-electron chi connectivity index (χ3n) is 4.30. The number of rotatable bonds is 5. The van der Waals surface area contributed by atoms with Gasteiger partial charge in [-0.1, -0.05) is 18.2 Å². The van der Waals surface area contributed by atoms with Gasteiger partial charge < -0.3 is 5.73 Å². The molecule has 3 aromatic rings. The standard InChI is InChI=1S/C20H21NO2S3/c1-13-5-4-6-14(2)20(13)15-9-17(24-3)11-18(10-15)26(22,23)19-8-7-16(12-21)25-19/h4-11H,12,21H2,1-3H3. The minimum absolute atomic E-state index is 0.326. The predicted octanol–water partition coefficient (Wildman–Crippen LogP) is 5.05. The van der Waals surface area contributed by atoms with Gasteiger partial charge in [0.05, 0.1) is 4.90 Å². The van der Waals surface area contributed by atoms with Crippen LogP contribution in [0.4, 0.5) is 0 Å². The summed E-state index contributed by atoms with van der Waals surface area (Å²) in [4.78, 5) is 2.12. The number of aryl methyl sites for hydroxylation is 2. The highest BCUT2D eigenvalue weighted by molar-refractivity contribution is 7.98. The van der Waals surface area contributed by atoms with Gasteiger partial charge in [-0.05, 0) is 72.7 Å². The van der Waals surface area contributed by atoms with Crippen LogP contribution in [0, 0.1) is 13.8 Å². The van der Waals surface area contributed by atoms with Crippen LogP contribution in [-0.2, 0) is 16.4 Å². The molecular formula is C20H21NO2S3. The second kappa shape index (κ2) is 7.56. The molecule has 0 fully saturated rings. The number of benzene rings is 2. The molecule has 1 heterocycles. The number of thiophene rings is 1. The Morgan fingerprint density at radius 1 is 1.04 bits per heavy atom. The van der Waals surface area contributed by atoms with Crippen molar-refractivity contribution < 1.29 is 8.42 Å². The Bertz CT molecular complexity index is 1030. The van der Waals surface area contributed by atoms with E-state index >= 15 is 0 Å². The zero-order chi connectivity index (χ0) is 18.9. The summed E-state index contributed by atoms with van der Waals surface area (Å²) in [5.74, 6) is 0. The molecule has 2 aromatic carbocycles. The fraction of sp³-hybridized carbons (Fsp3) is 0.200. The molecule has 3 rings (SSSR count). The quantitative estimate of drug-likeness (QED) is 0.606. The molecule has 0 aliphatic heterocycles. The molecule has 0 saturated heterocycles. The molecule has 0 atom stereocenters. The van der Waals surface area contributed by atoms with E-state index in [9.17, 15) is 8.42 Å². The molecule has 0 spiro atoms. The third kappa shape index (κ3) is 3.60. The van der Waals surface area contributed by atoms with Crippen LogP contribution in [-0.4, -0.2) is 14.7 Å². The lowest BCUT2D eigenvalue weighted by Crippen LogP contribution is -2.01. The van der Waals surface area contributed by atoms with E-state index in [4.69, 9.17) is 5.73 Å². The van der Waals surface area contributed by atoms with E-state index in [1.54, 1.807) is 36.0 Å². The molecular weight excluding hydrogens is 382 g/mol. The van der Waals surface area contributed by atoms with Gasteiger partial charge in [0.25, 0.3) is 0 Å². The van der Waals surface area contributed by atoms with Crippen molar-refractivity contribution in [3.8, 4) is 11.1 Å². The molecule has 1 aromatic heterocycles. The minimum Gasteiger partial charge on any atom is -0.326 e. The molecule has 3 nitrogen and oxygen atoms in total. The molecule has 136 valence electrons. The molecule has 26 heavy (non-hydrogen) atoms. The Balaban J connectivity index is 2.20. The van der Waals surface area contributed by atoms with E-state index in [-0.39, 0.29) is 0 Å². The van der Waals surface area contributed by atoms with Gasteiger partial charge in [-0.15, -0.1) is 23.1 Å². The highest BCUT2D eigenvalue weighted by Crippen LogP contribution is 2.35. The molecule has 0 bridgehead atoms. The normalized spacial score (nSPS) is 11.7. The average Bonchev–Trinajstić information content (AvgIpc) is 3.11. The zero-order valence-electron chi connectivity index (χ0n) is 14.9. The summed E-state index contributed by atoms with van der Waals surface area (Å²) in [6.07, 6.45) is 1.96. The Morgan fingerprint density at radius 2 is 1.73 bits per heavy atom. The van der Waals surface area contributed by atoms with Gasteiger partial charge in [0, 0.05) is 16.3 Å². The van der Waals surface area contributed by atoms with Gasteiger partial charge in [0.2, 0.25) is 9.84 Å². The zero-order valence-corrected chi connectivity index (χ0v) is 17.4. The van der Waals surface area contributed by atoms with Gasteiger partial charge in [0.1, 0.15) is 4.21 Å². The smallest absolute Gasteiger partial charge is 0.216 e. The molecule has 6 heteroatoms. The van der Waals surface area contributed by atoms with Crippen LogP contribution in [0.5, 0.6) is 0 Å². The SMILES string of the molecule is CSc1cc(-c2c(C)cccc2C)cc(S(=O)(=O)c2ccc(CN)s2)c1. The van der Waals surface area contributed by atoms with Crippen molar-refractivity contribution in [1.29, 1.82) is 0 Å². The number of sulfone groups is 1. The molecule has 0 amide bonds. The number of hydrogen-bond donors (Lipinski definition) is 1. The fourth-order valence-corrected chi connectivity index (χ4v) is 6.26. The Morgan fingerprint density at radius 3 is 2.31 bits per heavy atom. The fourth-order valence-electron chi connectivity index (χ4n) is 2.99. The summed E-state index contributed by atoms with van der Waals surface area (Å²) in [5.41, 5.74) is 9.92. The Labute approximate surface area is 163 Å². The molecule has 0 aliphatic carbocycles. The number of thioether (sulfide) groups is 1. The maximum atomic E-state index is 13.1. The van der Waals surface area contributed by atoms with Crippen LogP contribution in [0.25, 0.3) is 11.1 Å². The lowest BCUT2D eigenvalue weighted by Gasteiger charge is -2.13. The summed E-state index contributed by atoms with van der Waals surface area (Å²) in [6.45, 7) is 4.45. The summed E-state index contributed by atoms with van der Waals surface area (Å²) >= 11 is 2.78. The largest absolute Gasteiger partial charge is 0.326 e. The van der Waals surface area contributed by atoms with E-state index in [1.165, 1.54) is 11.3 Å². The number of hydrogen-bond acceptors (Lipinski definition) is 5. The molecule has 0 radical (unpaired) electrons. The molecule has 0 unspecified atom stereocenters. The van der Waals surface area contributed by atoms with Crippen molar-refractivity contribution in [2.75, 3.05) is 6.26 Å². The highest BCUT2D eigenvalue weighted by atomic mass is 32.2. The van der Waals surface area contributed by atoms with Crippen LogP contribution in [0.2, 0.25) is 0 Å². The second-order valence-corrected chi connectivity index (χ2v) is 10.3. The molecule has 0 saturated carbocycles. The first-order valence-electron chi connectivity index (χ1n) is 8.16. The van der Waals surface area contributed by atoms with Crippen LogP contribution < -0.4 is 5.73 Å². The summed E-state index contributed by atoms with van der Waals surface area (Å²) in [5, 5.41) is 0. The minimum atomic E-state index is -3.57. The van der Waals surface area contributed by atoms with Crippen molar-refractivity contribution in [3.63, 3.8) is 0 Å². The van der Waals surface area contributed by atoms with Crippen LogP contribution in [0.1, 0.15) is 16.0 Å². The van der Waals surface area contributed by atoms with E-state index in [1.807, 2.05) is 12.3 Å². The molecule has 2 N–H and O–H groups in total. The van der Waals surface area contributed by atoms with Crippen molar-refractivity contribution in [3.05, 3.63) is 64.5 Å². The maximum absolute atomic E-state index is 13.1. The summed E-state index contributed by atoms with van der Waals surface area (Å²) in [6, 6.07) is 15.1. The summed E-state index contributed by atoms with van der Waals surface area (Å²) < 4.78 is 26.6. The van der Waals surface area contributed by atoms with Crippen molar-refractivity contribution in [2.24, 2.45) is 5.73 Å². The van der Waals surface area contributed by atoms with E-state index < -0.39 is 9.84 Å². The van der Waals surface area contributed by atoms with Crippen molar-refractivity contribution in [2.45, 2.75) is 34.4 Å². The Hall–Kier alpha value is -1.60. The highest BCUT2D eigenvalue weighted by Gasteiger charge is 2.22. The van der Waals surface area contributed by atoms with Gasteiger partial charge in [-0.2, -0.15) is 0 Å². The van der Waals surface area contributed by atoms with Crippen LogP contribution in [0.3, 0.4) is 0 Å². The van der Waals surface area contributed by atoms with Gasteiger partial charge in [0.15, 0.2) is 0 Å². The van der Waals surface area contributed by atoms with Gasteiger partial charge >= 0.3 is 0 Å². The second-order valence-electron chi connectivity index (χ2n) is 6.09. The lowest BCUT2D eigenvalue weighted by molar-refractivity contribution is 0.598. The predicted molar refractivity (Wildman–Crippen MR) is 111 cm³/mol. The first-order chi connectivity index (χ1) is 12.4. The van der Waals surface area contributed by atoms with Crippen molar-refractivity contribution in [1.82, 2.24) is 0 Å². The first-order valence-corrected chi connectivity index (χ1v) is 11.7. The van der Waals surface area contributed by atoms with Gasteiger partial charge in [-0.3, -0.25) is 0 Å². The lowest BCUT2D eigenvalue weighted by atomic mass is 9.96. The van der Waals surface area contributed by atoms with Gasteiger partial charge in [-0.25, -0.2) is 8.42 Å². The Kier molecular flexibility index (Phi) is 5.58. The van der Waals surface area contributed by atoms with Crippen molar-refractivity contribution >= 4 is 32.9 Å².